The van der Waals surface area contributed by atoms with Crippen LogP contribution in [0, 0.1) is 13.4 Å². The quantitative estimate of drug-likeness (QED) is 0.610. The van der Waals surface area contributed by atoms with Gasteiger partial charge in [0, 0.05) is 0 Å². The van der Waals surface area contributed by atoms with Crippen LogP contribution in [-0.2, 0) is 7.86 Å². The van der Waals surface area contributed by atoms with Crippen molar-refractivity contribution in [1.29, 1.82) is 0 Å². The predicted molar refractivity (Wildman–Crippen MR) is 97.5 cm³/mol. The van der Waals surface area contributed by atoms with Crippen LogP contribution in [0.15, 0.2) is 60.7 Å². The third-order valence-corrected chi connectivity index (χ3v) is 6.43. The molecule has 118 valence electrons. The maximum absolute atomic E-state index is 11.9. The Bertz CT molecular complexity index is 720. The number of hydrogen-bond acceptors (Lipinski definition) is 3. The first-order chi connectivity index (χ1) is 11.2. The number of halogens is 1. The fourth-order valence-electron chi connectivity index (χ4n) is 1.67. The number of nitrogens with one attached hydrogen (secondary N) is 1. The van der Waals surface area contributed by atoms with Crippen LogP contribution >= 0.6 is 20.2 Å². The summed E-state index contributed by atoms with van der Waals surface area (Å²) in [6.45, 7) is 1.60. The second-order valence-electron chi connectivity index (χ2n) is 4.43. The summed E-state index contributed by atoms with van der Waals surface area (Å²) in [6, 6.07) is 18.4. The Morgan fingerprint density at radius 3 is 2.26 bits per heavy atom. The molecule has 0 saturated carbocycles. The van der Waals surface area contributed by atoms with Gasteiger partial charge in [0.2, 0.25) is 0 Å². The van der Waals surface area contributed by atoms with Crippen molar-refractivity contribution < 1.29 is 12.7 Å². The van der Waals surface area contributed by atoms with Crippen LogP contribution in [0.25, 0.3) is 0 Å². The second-order valence-corrected chi connectivity index (χ2v) is 8.08. The van der Waals surface area contributed by atoms with Crippen LogP contribution in [0.4, 0.5) is 0 Å². The molecule has 5 heteroatoms. The van der Waals surface area contributed by atoms with Gasteiger partial charge < -0.3 is 0 Å². The monoisotopic (exact) mass is 421 g/mol. The average molecular weight is 421 g/mol. The van der Waals surface area contributed by atoms with E-state index in [1.807, 2.05) is 36.4 Å². The molecule has 2 aromatic carbocycles. The van der Waals surface area contributed by atoms with Crippen LogP contribution in [0.5, 0.6) is 0 Å². The van der Waals surface area contributed by atoms with Gasteiger partial charge in [-0.05, 0) is 0 Å². The van der Waals surface area contributed by atoms with Gasteiger partial charge in [-0.2, -0.15) is 0 Å². The van der Waals surface area contributed by atoms with Gasteiger partial charge in [0.05, 0.1) is 0 Å². The van der Waals surface area contributed by atoms with E-state index in [0.29, 0.717) is 5.56 Å². The summed E-state index contributed by atoms with van der Waals surface area (Å²) in [5.74, 6) is 2.40. The fraction of sp³-hybridized carbons (Fsp3) is 0.111. The first-order valence-electron chi connectivity index (χ1n) is 6.92. The van der Waals surface area contributed by atoms with E-state index in [1.54, 1.807) is 24.3 Å². The molecule has 0 unspecified atom stereocenters. The molecule has 0 aliphatic heterocycles. The van der Waals surface area contributed by atoms with Crippen molar-refractivity contribution in [3.63, 3.8) is 0 Å². The SMILES string of the molecule is CC(=O)OI(C#CCNC(=O)c1ccccc1)c1ccccc1. The van der Waals surface area contributed by atoms with Gasteiger partial charge in [0.25, 0.3) is 0 Å². The van der Waals surface area contributed by atoms with E-state index in [2.05, 4.69) is 15.2 Å². The number of benzene rings is 2. The molecule has 0 aliphatic rings. The molecular formula is C18H16INO3. The standard InChI is InChI=1S/C18H16INO3/c1-15(21)23-19(17-11-6-3-7-12-17)13-8-14-20-18(22)16-9-4-2-5-10-16/h2-7,9-12H,14H2,1H3,(H,20,22). The second kappa shape index (κ2) is 8.96. The number of hydrogen-bond donors (Lipinski definition) is 1. The van der Waals surface area contributed by atoms with Crippen LogP contribution in [0.2, 0.25) is 0 Å². The van der Waals surface area contributed by atoms with E-state index >= 15 is 0 Å². The van der Waals surface area contributed by atoms with Crippen molar-refractivity contribution in [2.75, 3.05) is 6.54 Å². The van der Waals surface area contributed by atoms with E-state index in [0.717, 1.165) is 3.57 Å². The van der Waals surface area contributed by atoms with Gasteiger partial charge >= 0.3 is 143 Å². The van der Waals surface area contributed by atoms with Gasteiger partial charge in [0.15, 0.2) is 0 Å². The van der Waals surface area contributed by atoms with Crippen molar-refractivity contribution in [2.24, 2.45) is 0 Å². The van der Waals surface area contributed by atoms with Crippen molar-refractivity contribution in [3.05, 3.63) is 69.8 Å². The molecule has 23 heavy (non-hydrogen) atoms. The molecule has 0 spiro atoms. The Morgan fingerprint density at radius 2 is 1.65 bits per heavy atom. The molecule has 0 atom stereocenters. The molecule has 2 aromatic rings. The molecular weight excluding hydrogens is 405 g/mol. The van der Waals surface area contributed by atoms with E-state index in [9.17, 15) is 9.59 Å². The molecule has 4 nitrogen and oxygen atoms in total. The molecule has 0 radical (unpaired) electrons. The van der Waals surface area contributed by atoms with Crippen molar-refractivity contribution in [2.45, 2.75) is 6.92 Å². The Morgan fingerprint density at radius 1 is 1.04 bits per heavy atom. The summed E-state index contributed by atoms with van der Waals surface area (Å²) in [5.41, 5.74) is 0.590. The van der Waals surface area contributed by atoms with Crippen LogP contribution < -0.4 is 5.32 Å². The fourth-order valence-corrected chi connectivity index (χ4v) is 4.57. The number of carbonyl (C=O) groups excluding carboxylic acids is 2. The normalized spacial score (nSPS) is 10.0. The van der Waals surface area contributed by atoms with Crippen molar-refractivity contribution in [1.82, 2.24) is 5.32 Å². The number of amides is 1. The Hall–Kier alpha value is -2.33. The minimum absolute atomic E-state index is 0.174. The first-order valence-corrected chi connectivity index (χ1v) is 9.96. The molecule has 0 fully saturated rings. The van der Waals surface area contributed by atoms with E-state index in [-0.39, 0.29) is 18.4 Å². The molecule has 0 aromatic heterocycles. The zero-order chi connectivity index (χ0) is 16.5. The summed E-state index contributed by atoms with van der Waals surface area (Å²) in [5, 5.41) is 2.73. The Labute approximate surface area is 143 Å². The number of rotatable bonds is 4. The molecule has 0 aliphatic carbocycles. The molecule has 0 bridgehead atoms. The third kappa shape index (κ3) is 5.75. The van der Waals surface area contributed by atoms with Gasteiger partial charge in [0.1, 0.15) is 0 Å². The van der Waals surface area contributed by atoms with Crippen molar-refractivity contribution >= 4 is 32.1 Å². The zero-order valence-electron chi connectivity index (χ0n) is 12.6. The van der Waals surface area contributed by atoms with E-state index in [4.69, 9.17) is 3.07 Å². The van der Waals surface area contributed by atoms with E-state index < -0.39 is 20.2 Å². The van der Waals surface area contributed by atoms with E-state index in [1.165, 1.54) is 6.92 Å². The predicted octanol–water partition coefficient (Wildman–Crippen LogP) is 3.23. The summed E-state index contributed by atoms with van der Waals surface area (Å²) < 4.78 is 9.34. The molecule has 0 heterocycles. The third-order valence-electron chi connectivity index (χ3n) is 2.64. The molecule has 1 N–H and O–H groups in total. The number of carbonyl (C=O) groups is 2. The van der Waals surface area contributed by atoms with Gasteiger partial charge in [-0.3, -0.25) is 0 Å². The Kier molecular flexibility index (Phi) is 6.63. The van der Waals surface area contributed by atoms with Crippen molar-refractivity contribution in [3.8, 4) is 9.85 Å². The average Bonchev–Trinajstić information content (AvgIpc) is 2.58. The molecule has 1 amide bonds. The Balaban J connectivity index is 1.97. The van der Waals surface area contributed by atoms with Gasteiger partial charge in [-0.15, -0.1) is 0 Å². The molecule has 2 rings (SSSR count). The first kappa shape index (κ1) is 17.0. The van der Waals surface area contributed by atoms with Crippen LogP contribution in [-0.4, -0.2) is 18.4 Å². The summed E-state index contributed by atoms with van der Waals surface area (Å²) >= 11 is -2.34. The van der Waals surface area contributed by atoms with Crippen LogP contribution in [0.1, 0.15) is 17.3 Å². The topological polar surface area (TPSA) is 55.4 Å². The molecule has 0 saturated heterocycles. The maximum atomic E-state index is 11.9. The zero-order valence-corrected chi connectivity index (χ0v) is 14.7. The minimum atomic E-state index is -2.34. The van der Waals surface area contributed by atoms with Gasteiger partial charge in [-0.25, -0.2) is 0 Å². The summed E-state index contributed by atoms with van der Waals surface area (Å²) in [4.78, 5) is 23.1. The summed E-state index contributed by atoms with van der Waals surface area (Å²) in [6.07, 6.45) is 0. The van der Waals surface area contributed by atoms with Crippen LogP contribution in [0.3, 0.4) is 0 Å². The van der Waals surface area contributed by atoms with Gasteiger partial charge in [-0.1, -0.05) is 0 Å². The summed E-state index contributed by atoms with van der Waals surface area (Å²) in [7, 11) is 0.